The van der Waals surface area contributed by atoms with Gasteiger partial charge in [0.2, 0.25) is 0 Å². The van der Waals surface area contributed by atoms with E-state index in [4.69, 9.17) is 4.99 Å². The van der Waals surface area contributed by atoms with Crippen molar-refractivity contribution in [1.29, 1.82) is 0 Å². The number of rotatable bonds is 5. The fourth-order valence-electron chi connectivity index (χ4n) is 4.47. The van der Waals surface area contributed by atoms with E-state index in [0.29, 0.717) is 16.6 Å². The molecule has 0 saturated carbocycles. The first-order valence-electron chi connectivity index (χ1n) is 10.8. The number of aliphatic hydroxyl groups excluding tert-OH is 1. The highest BCUT2D eigenvalue weighted by molar-refractivity contribution is 9.10. The third kappa shape index (κ3) is 4.03. The summed E-state index contributed by atoms with van der Waals surface area (Å²) in [5, 5.41) is 14.4. The Bertz CT molecular complexity index is 1480. The maximum atomic E-state index is 13.9. The first kappa shape index (κ1) is 22.4. The average molecular weight is 521 g/mol. The zero-order valence-corrected chi connectivity index (χ0v) is 20.3. The maximum absolute atomic E-state index is 13.9. The molecule has 4 aromatic rings. The Balaban J connectivity index is 1.51. The summed E-state index contributed by atoms with van der Waals surface area (Å²) in [6.45, 7) is 2.24. The van der Waals surface area contributed by atoms with Gasteiger partial charge >= 0.3 is 0 Å². The molecular formula is C26H22BrFN4O2. The lowest BCUT2D eigenvalue weighted by Crippen LogP contribution is -2.27. The van der Waals surface area contributed by atoms with E-state index < -0.39 is 11.9 Å². The van der Waals surface area contributed by atoms with Crippen LogP contribution in [0.2, 0.25) is 0 Å². The summed E-state index contributed by atoms with van der Waals surface area (Å²) in [7, 11) is 1.89. The van der Waals surface area contributed by atoms with Crippen LogP contribution in [0.15, 0.2) is 75.2 Å². The van der Waals surface area contributed by atoms with Gasteiger partial charge in [-0.1, -0.05) is 28.1 Å². The maximum Gasteiger partial charge on any atom is 0.251 e. The van der Waals surface area contributed by atoms with Crippen molar-refractivity contribution in [3.63, 3.8) is 0 Å². The number of aryl methyl sites for hydroxylation is 2. The number of halogens is 2. The Hall–Kier alpha value is -3.36. The molecule has 1 aliphatic heterocycles. The molecule has 0 aliphatic carbocycles. The molecule has 6 nitrogen and oxygen atoms in total. The van der Waals surface area contributed by atoms with E-state index in [2.05, 4.69) is 27.1 Å². The van der Waals surface area contributed by atoms with Crippen molar-refractivity contribution in [3.8, 4) is 11.1 Å². The number of pyridine rings is 1. The third-order valence-electron chi connectivity index (χ3n) is 6.10. The minimum Gasteiger partial charge on any atom is -0.394 e. The lowest BCUT2D eigenvalue weighted by atomic mass is 9.96. The minimum atomic E-state index is -0.694. The average Bonchev–Trinajstić information content (AvgIpc) is 3.36. The zero-order chi connectivity index (χ0) is 24.0. The molecule has 8 heteroatoms. The Labute approximate surface area is 204 Å². The molecule has 0 radical (unpaired) electrons. The summed E-state index contributed by atoms with van der Waals surface area (Å²) in [5.41, 5.74) is 6.88. The van der Waals surface area contributed by atoms with Crippen LogP contribution in [0.25, 0.3) is 11.1 Å². The van der Waals surface area contributed by atoms with Crippen LogP contribution >= 0.6 is 15.9 Å². The second-order valence-electron chi connectivity index (χ2n) is 8.40. The van der Waals surface area contributed by atoms with E-state index in [0.717, 1.165) is 39.2 Å². The van der Waals surface area contributed by atoms with Crippen molar-refractivity contribution in [2.75, 3.05) is 6.61 Å². The van der Waals surface area contributed by atoms with Crippen molar-refractivity contribution in [2.45, 2.75) is 19.5 Å². The van der Waals surface area contributed by atoms with Crippen LogP contribution in [0.5, 0.6) is 0 Å². The van der Waals surface area contributed by atoms with E-state index in [-0.39, 0.29) is 12.2 Å². The van der Waals surface area contributed by atoms with Crippen molar-refractivity contribution in [2.24, 2.45) is 12.0 Å². The quantitative estimate of drug-likeness (QED) is 0.424. The van der Waals surface area contributed by atoms with Gasteiger partial charge in [0.15, 0.2) is 0 Å². The number of nitrogens with zero attached hydrogens (tertiary/aromatic N) is 4. The summed E-state index contributed by atoms with van der Waals surface area (Å²) in [5.74, 6) is -0.438. The van der Waals surface area contributed by atoms with Crippen molar-refractivity contribution < 1.29 is 9.50 Å². The summed E-state index contributed by atoms with van der Waals surface area (Å²) in [4.78, 5) is 17.8. The van der Waals surface area contributed by atoms with E-state index in [1.165, 1.54) is 16.7 Å². The second kappa shape index (κ2) is 8.77. The predicted octanol–water partition coefficient (Wildman–Crippen LogP) is 4.39. The lowest BCUT2D eigenvalue weighted by molar-refractivity contribution is 0.246. The third-order valence-corrected chi connectivity index (χ3v) is 6.56. The lowest BCUT2D eigenvalue weighted by Gasteiger charge is -2.19. The molecule has 0 fully saturated rings. The number of fused-ring (bicyclic) bond motifs is 1. The highest BCUT2D eigenvalue weighted by Crippen LogP contribution is 2.30. The molecule has 1 atom stereocenters. The summed E-state index contributed by atoms with van der Waals surface area (Å²) >= 11 is 3.27. The van der Waals surface area contributed by atoms with Crippen molar-refractivity contribution in [1.82, 2.24) is 14.3 Å². The first-order valence-corrected chi connectivity index (χ1v) is 11.6. The standard InChI is InChI=1S/C26H22BrFN4O2/c1-15-23(13-31(2)30-15)26-22-9-16(3-4-18(22)12-29-26)17-5-6-32(25(34)10-17)24(14-33)19-7-20(27)11-21(28)8-19/h3-11,13,24,33H,12,14H2,1-2H3/t24-/m1/s1. The number of aromatic nitrogens is 3. The van der Waals surface area contributed by atoms with Gasteiger partial charge in [-0.15, -0.1) is 0 Å². The van der Waals surface area contributed by atoms with Crippen LogP contribution in [0.3, 0.4) is 0 Å². The smallest absolute Gasteiger partial charge is 0.251 e. The minimum absolute atomic E-state index is 0.283. The molecule has 34 heavy (non-hydrogen) atoms. The zero-order valence-electron chi connectivity index (χ0n) is 18.7. The molecule has 3 heterocycles. The van der Waals surface area contributed by atoms with Gasteiger partial charge in [-0.2, -0.15) is 5.10 Å². The molecule has 5 rings (SSSR count). The molecule has 0 spiro atoms. The van der Waals surface area contributed by atoms with E-state index in [1.807, 2.05) is 38.4 Å². The molecule has 1 N–H and O–H groups in total. The highest BCUT2D eigenvalue weighted by atomic mass is 79.9. The van der Waals surface area contributed by atoms with Crippen LogP contribution < -0.4 is 5.56 Å². The van der Waals surface area contributed by atoms with Gasteiger partial charge in [0, 0.05) is 41.1 Å². The predicted molar refractivity (Wildman–Crippen MR) is 133 cm³/mol. The summed E-state index contributed by atoms with van der Waals surface area (Å²) in [6.07, 6.45) is 3.61. The number of aliphatic imine (C=N–C) groups is 1. The summed E-state index contributed by atoms with van der Waals surface area (Å²) < 4.78 is 17.7. The fourth-order valence-corrected chi connectivity index (χ4v) is 4.96. The molecule has 2 aromatic heterocycles. The van der Waals surface area contributed by atoms with E-state index >= 15 is 0 Å². The molecule has 1 aliphatic rings. The van der Waals surface area contributed by atoms with E-state index in [9.17, 15) is 14.3 Å². The van der Waals surface area contributed by atoms with Crippen LogP contribution in [-0.2, 0) is 13.6 Å². The van der Waals surface area contributed by atoms with Gasteiger partial charge in [-0.05, 0) is 59.5 Å². The molecule has 0 amide bonds. The number of benzene rings is 2. The molecule has 0 unspecified atom stereocenters. The molecular weight excluding hydrogens is 499 g/mol. The Kier molecular flexibility index (Phi) is 5.79. The van der Waals surface area contributed by atoms with Gasteiger partial charge in [0.05, 0.1) is 30.6 Å². The topological polar surface area (TPSA) is 72.4 Å². The normalized spacial score (nSPS) is 13.6. The molecule has 172 valence electrons. The van der Waals surface area contributed by atoms with Crippen LogP contribution in [-0.4, -0.2) is 31.8 Å². The highest BCUT2D eigenvalue weighted by Gasteiger charge is 2.22. The monoisotopic (exact) mass is 520 g/mol. The van der Waals surface area contributed by atoms with Gasteiger partial charge in [0.1, 0.15) is 5.82 Å². The Morgan fingerprint density at radius 1 is 1.12 bits per heavy atom. The largest absolute Gasteiger partial charge is 0.394 e. The van der Waals surface area contributed by atoms with Crippen LogP contribution in [0.1, 0.15) is 34.0 Å². The molecule has 0 bridgehead atoms. The van der Waals surface area contributed by atoms with Gasteiger partial charge in [0.25, 0.3) is 5.56 Å². The van der Waals surface area contributed by atoms with E-state index in [1.54, 1.807) is 23.0 Å². The molecule has 2 aromatic carbocycles. The fraction of sp³-hybridized carbons (Fsp3) is 0.192. The van der Waals surface area contributed by atoms with Crippen LogP contribution in [0, 0.1) is 12.7 Å². The van der Waals surface area contributed by atoms with Gasteiger partial charge in [-0.25, -0.2) is 4.39 Å². The Morgan fingerprint density at radius 3 is 2.59 bits per heavy atom. The summed E-state index contributed by atoms with van der Waals surface area (Å²) in [6, 6.07) is 13.1. The number of hydrogen-bond acceptors (Lipinski definition) is 4. The SMILES string of the molecule is Cc1nn(C)cc1C1=NCc2ccc(-c3ccn([C@H](CO)c4cc(F)cc(Br)c4)c(=O)c3)cc21. The second-order valence-corrected chi connectivity index (χ2v) is 9.32. The van der Waals surface area contributed by atoms with Crippen molar-refractivity contribution >= 4 is 21.6 Å². The van der Waals surface area contributed by atoms with Gasteiger partial charge < -0.3 is 9.67 Å². The Morgan fingerprint density at radius 2 is 1.91 bits per heavy atom. The number of aliphatic hydroxyl groups is 1. The number of hydrogen-bond donors (Lipinski definition) is 1. The van der Waals surface area contributed by atoms with Crippen molar-refractivity contribution in [3.05, 3.63) is 110 Å². The van der Waals surface area contributed by atoms with Gasteiger partial charge in [-0.3, -0.25) is 14.5 Å². The molecule has 0 saturated heterocycles. The first-order chi connectivity index (χ1) is 16.3. The van der Waals surface area contributed by atoms with Crippen LogP contribution in [0.4, 0.5) is 4.39 Å².